The lowest BCUT2D eigenvalue weighted by molar-refractivity contribution is 0.104. The molecule has 7 heteroatoms. The summed E-state index contributed by atoms with van der Waals surface area (Å²) in [6.45, 7) is 2.20. The van der Waals surface area contributed by atoms with Crippen molar-refractivity contribution in [1.29, 1.82) is 0 Å². The summed E-state index contributed by atoms with van der Waals surface area (Å²) >= 11 is 3.00. The molecule has 1 N–H and O–H groups in total. The summed E-state index contributed by atoms with van der Waals surface area (Å²) in [5.41, 5.74) is 0. The highest BCUT2D eigenvalue weighted by atomic mass is 32.2. The van der Waals surface area contributed by atoms with Crippen LogP contribution in [0, 0.1) is 6.92 Å². The molecule has 0 spiro atoms. The fourth-order valence-corrected chi connectivity index (χ4v) is 4.28. The SMILES string of the molecule is COC(CCSC)CNS(=O)(=O)c1ccc(C)s1. The fourth-order valence-electron chi connectivity index (χ4n) is 1.38. The summed E-state index contributed by atoms with van der Waals surface area (Å²) in [5, 5.41) is 0. The van der Waals surface area contributed by atoms with E-state index in [0.717, 1.165) is 17.1 Å². The maximum Gasteiger partial charge on any atom is 0.250 e. The maximum atomic E-state index is 12.0. The number of sulfonamides is 1. The summed E-state index contributed by atoms with van der Waals surface area (Å²) in [7, 11) is -1.78. The summed E-state index contributed by atoms with van der Waals surface area (Å²) < 4.78 is 32.2. The first-order valence-corrected chi connectivity index (χ1v) is 9.26. The van der Waals surface area contributed by atoms with Crippen LogP contribution in [-0.2, 0) is 14.8 Å². The molecule has 18 heavy (non-hydrogen) atoms. The van der Waals surface area contributed by atoms with Crippen molar-refractivity contribution in [2.75, 3.05) is 25.7 Å². The number of thiophene rings is 1. The Labute approximate surface area is 117 Å². The standard InChI is InChI=1S/C11H19NO3S3/c1-9-4-5-11(17-9)18(13,14)12-8-10(15-2)6-7-16-3/h4-5,10,12H,6-8H2,1-3H3. The van der Waals surface area contributed by atoms with Crippen molar-refractivity contribution in [1.82, 2.24) is 4.72 Å². The van der Waals surface area contributed by atoms with Gasteiger partial charge in [0, 0.05) is 18.5 Å². The van der Waals surface area contributed by atoms with Gasteiger partial charge in [-0.3, -0.25) is 0 Å². The molecule has 1 aromatic heterocycles. The first-order chi connectivity index (χ1) is 8.49. The molecular formula is C11H19NO3S3. The Hall–Kier alpha value is -0.0800. The molecule has 0 amide bonds. The van der Waals surface area contributed by atoms with Crippen LogP contribution < -0.4 is 4.72 Å². The number of hydrogen-bond acceptors (Lipinski definition) is 5. The molecule has 0 aliphatic carbocycles. The normalized spacial score (nSPS) is 13.7. The van der Waals surface area contributed by atoms with Crippen molar-refractivity contribution in [3.8, 4) is 0 Å². The predicted octanol–water partition coefficient (Wildman–Crippen LogP) is 2.10. The van der Waals surface area contributed by atoms with E-state index in [-0.39, 0.29) is 6.10 Å². The largest absolute Gasteiger partial charge is 0.380 e. The number of hydrogen-bond donors (Lipinski definition) is 1. The maximum absolute atomic E-state index is 12.0. The van der Waals surface area contributed by atoms with Crippen molar-refractivity contribution in [3.63, 3.8) is 0 Å². The molecule has 0 aliphatic heterocycles. The number of methoxy groups -OCH3 is 1. The molecule has 0 bridgehead atoms. The van der Waals surface area contributed by atoms with Crippen molar-refractivity contribution >= 4 is 33.1 Å². The number of rotatable bonds is 8. The van der Waals surface area contributed by atoms with Crippen LogP contribution >= 0.6 is 23.1 Å². The fraction of sp³-hybridized carbons (Fsp3) is 0.636. The smallest absolute Gasteiger partial charge is 0.250 e. The molecular weight excluding hydrogens is 290 g/mol. The molecule has 0 radical (unpaired) electrons. The lowest BCUT2D eigenvalue weighted by Gasteiger charge is -2.15. The monoisotopic (exact) mass is 309 g/mol. The van der Waals surface area contributed by atoms with Gasteiger partial charge in [-0.25, -0.2) is 13.1 Å². The third kappa shape index (κ3) is 4.89. The highest BCUT2D eigenvalue weighted by Crippen LogP contribution is 2.20. The minimum atomic E-state index is -3.39. The number of thioether (sulfide) groups is 1. The van der Waals surface area contributed by atoms with Crippen LogP contribution in [-0.4, -0.2) is 40.2 Å². The molecule has 0 saturated carbocycles. The molecule has 1 unspecified atom stereocenters. The summed E-state index contributed by atoms with van der Waals surface area (Å²) in [5.74, 6) is 0.957. The van der Waals surface area contributed by atoms with Gasteiger partial charge in [-0.2, -0.15) is 11.8 Å². The molecule has 1 atom stereocenters. The molecule has 0 aromatic carbocycles. The minimum Gasteiger partial charge on any atom is -0.380 e. The van der Waals surface area contributed by atoms with Gasteiger partial charge >= 0.3 is 0 Å². The third-order valence-electron chi connectivity index (χ3n) is 2.46. The second-order valence-corrected chi connectivity index (χ2v) is 8.12. The Balaban J connectivity index is 2.55. The molecule has 0 saturated heterocycles. The Morgan fingerprint density at radius 3 is 2.72 bits per heavy atom. The van der Waals surface area contributed by atoms with Crippen LogP contribution in [0.2, 0.25) is 0 Å². The summed E-state index contributed by atoms with van der Waals surface area (Å²) in [6, 6.07) is 3.44. The number of aryl methyl sites for hydroxylation is 1. The summed E-state index contributed by atoms with van der Waals surface area (Å²) in [4.78, 5) is 0.987. The second-order valence-electron chi connectivity index (χ2n) is 3.86. The molecule has 4 nitrogen and oxygen atoms in total. The van der Waals surface area contributed by atoms with Gasteiger partial charge in [0.1, 0.15) is 4.21 Å². The van der Waals surface area contributed by atoms with Crippen LogP contribution in [0.5, 0.6) is 0 Å². The molecule has 1 rings (SSSR count). The van der Waals surface area contributed by atoms with E-state index in [0.29, 0.717) is 10.8 Å². The van der Waals surface area contributed by atoms with Crippen LogP contribution in [0.3, 0.4) is 0 Å². The molecule has 1 heterocycles. The van der Waals surface area contributed by atoms with Gasteiger partial charge < -0.3 is 4.74 Å². The van der Waals surface area contributed by atoms with Gasteiger partial charge in [-0.05, 0) is 37.5 Å². The van der Waals surface area contributed by atoms with Crippen molar-refractivity contribution < 1.29 is 13.2 Å². The lowest BCUT2D eigenvalue weighted by Crippen LogP contribution is -2.33. The lowest BCUT2D eigenvalue weighted by atomic mass is 10.3. The van der Waals surface area contributed by atoms with E-state index in [1.165, 1.54) is 11.3 Å². The molecule has 0 fully saturated rings. The van der Waals surface area contributed by atoms with Gasteiger partial charge in [-0.15, -0.1) is 11.3 Å². The third-order valence-corrected chi connectivity index (χ3v) is 6.02. The van der Waals surface area contributed by atoms with Crippen LogP contribution in [0.1, 0.15) is 11.3 Å². The van der Waals surface area contributed by atoms with E-state index in [1.807, 2.05) is 13.2 Å². The topological polar surface area (TPSA) is 55.4 Å². The van der Waals surface area contributed by atoms with E-state index in [1.54, 1.807) is 31.0 Å². The van der Waals surface area contributed by atoms with Gasteiger partial charge in [0.2, 0.25) is 10.0 Å². The van der Waals surface area contributed by atoms with Gasteiger partial charge in [0.15, 0.2) is 0 Å². The number of nitrogens with one attached hydrogen (secondary N) is 1. The van der Waals surface area contributed by atoms with Gasteiger partial charge in [0.05, 0.1) is 6.10 Å². The van der Waals surface area contributed by atoms with Crippen molar-refractivity contribution in [2.45, 2.75) is 23.7 Å². The Kier molecular flexibility index (Phi) is 6.65. The number of ether oxygens (including phenoxy) is 1. The molecule has 1 aromatic rings. The van der Waals surface area contributed by atoms with Crippen LogP contribution in [0.4, 0.5) is 0 Å². The molecule has 104 valence electrons. The average Bonchev–Trinajstić information content (AvgIpc) is 2.77. The first kappa shape index (κ1) is 16.0. The highest BCUT2D eigenvalue weighted by molar-refractivity contribution is 7.98. The van der Waals surface area contributed by atoms with Crippen LogP contribution in [0.15, 0.2) is 16.3 Å². The van der Waals surface area contributed by atoms with E-state index in [4.69, 9.17) is 4.74 Å². The summed E-state index contributed by atoms with van der Waals surface area (Å²) in [6.07, 6.45) is 2.78. The quantitative estimate of drug-likeness (QED) is 0.799. The zero-order valence-electron chi connectivity index (χ0n) is 10.8. The van der Waals surface area contributed by atoms with Gasteiger partial charge in [-0.1, -0.05) is 0 Å². The molecule has 0 aliphatic rings. The second kappa shape index (κ2) is 7.49. The predicted molar refractivity (Wildman–Crippen MR) is 78.0 cm³/mol. The van der Waals surface area contributed by atoms with Crippen molar-refractivity contribution in [3.05, 3.63) is 17.0 Å². The highest BCUT2D eigenvalue weighted by Gasteiger charge is 2.18. The average molecular weight is 309 g/mol. The first-order valence-electron chi connectivity index (χ1n) is 5.57. The van der Waals surface area contributed by atoms with Crippen molar-refractivity contribution in [2.24, 2.45) is 0 Å². The van der Waals surface area contributed by atoms with Crippen LogP contribution in [0.25, 0.3) is 0 Å². The zero-order chi connectivity index (χ0) is 13.6. The van der Waals surface area contributed by atoms with E-state index >= 15 is 0 Å². The minimum absolute atomic E-state index is 0.0757. The van der Waals surface area contributed by atoms with E-state index < -0.39 is 10.0 Å². The Bertz CT molecular complexity index is 456. The Morgan fingerprint density at radius 1 is 1.50 bits per heavy atom. The zero-order valence-corrected chi connectivity index (χ0v) is 13.3. The van der Waals surface area contributed by atoms with E-state index in [2.05, 4.69) is 4.72 Å². The van der Waals surface area contributed by atoms with Gasteiger partial charge in [0.25, 0.3) is 0 Å². The Morgan fingerprint density at radius 2 is 2.22 bits per heavy atom. The van der Waals surface area contributed by atoms with E-state index in [9.17, 15) is 8.42 Å².